The minimum atomic E-state index is -4.54. The van der Waals surface area contributed by atoms with E-state index in [4.69, 9.17) is 11.6 Å². The Kier molecular flexibility index (Phi) is 3.64. The first-order chi connectivity index (χ1) is 8.80. The zero-order chi connectivity index (χ0) is 14.2. The second kappa shape index (κ2) is 4.94. The first-order valence-corrected chi connectivity index (χ1v) is 6.33. The molecule has 0 bridgehead atoms. The first kappa shape index (κ1) is 14.0. The molecule has 2 rings (SSSR count). The number of aryl methyl sites for hydroxylation is 1. The van der Waals surface area contributed by atoms with Crippen LogP contribution in [0.5, 0.6) is 0 Å². The molecule has 0 fully saturated rings. The molecule has 7 heteroatoms. The summed E-state index contributed by atoms with van der Waals surface area (Å²) in [6, 6.07) is 4.82. The minimum absolute atomic E-state index is 0.0835. The van der Waals surface area contributed by atoms with Gasteiger partial charge in [0.05, 0.1) is 9.90 Å². The van der Waals surface area contributed by atoms with Gasteiger partial charge in [0.15, 0.2) is 5.01 Å². The number of aromatic nitrogens is 1. The van der Waals surface area contributed by atoms with Crippen LogP contribution in [0.4, 0.5) is 13.2 Å². The van der Waals surface area contributed by atoms with Crippen molar-refractivity contribution in [3.05, 3.63) is 50.4 Å². The Labute approximate surface area is 115 Å². The standard InChI is InChI=1S/C12H7ClF3NOS/c1-6-3-2-4-7(9(6)13)10(18)8-5-17-11(19-8)12(14,15)16/h2-5H,1H3. The summed E-state index contributed by atoms with van der Waals surface area (Å²) >= 11 is 6.29. The fourth-order valence-corrected chi connectivity index (χ4v) is 2.41. The number of hydrogen-bond acceptors (Lipinski definition) is 3. The van der Waals surface area contributed by atoms with E-state index in [2.05, 4.69) is 4.98 Å². The topological polar surface area (TPSA) is 30.0 Å². The highest BCUT2D eigenvalue weighted by atomic mass is 35.5. The summed E-state index contributed by atoms with van der Waals surface area (Å²) in [5.41, 5.74) is 0.868. The van der Waals surface area contributed by atoms with E-state index in [0.717, 1.165) is 6.20 Å². The van der Waals surface area contributed by atoms with Crippen molar-refractivity contribution < 1.29 is 18.0 Å². The van der Waals surface area contributed by atoms with Gasteiger partial charge in [0, 0.05) is 11.8 Å². The van der Waals surface area contributed by atoms with Gasteiger partial charge in [-0.25, -0.2) is 4.98 Å². The normalized spacial score (nSPS) is 11.6. The third-order valence-corrected chi connectivity index (χ3v) is 3.95. The molecule has 0 radical (unpaired) electrons. The molecule has 0 spiro atoms. The Bertz CT molecular complexity index is 636. The highest BCUT2D eigenvalue weighted by molar-refractivity contribution is 7.14. The van der Waals surface area contributed by atoms with E-state index < -0.39 is 17.0 Å². The summed E-state index contributed by atoms with van der Waals surface area (Å²) < 4.78 is 37.3. The SMILES string of the molecule is Cc1cccc(C(=O)c2cnc(C(F)(F)F)s2)c1Cl. The van der Waals surface area contributed by atoms with E-state index in [1.807, 2.05) is 0 Å². The van der Waals surface area contributed by atoms with Crippen molar-refractivity contribution in [1.29, 1.82) is 0 Å². The zero-order valence-electron chi connectivity index (χ0n) is 9.58. The monoisotopic (exact) mass is 305 g/mol. The van der Waals surface area contributed by atoms with Crippen LogP contribution < -0.4 is 0 Å². The molecule has 100 valence electrons. The first-order valence-electron chi connectivity index (χ1n) is 5.13. The molecule has 1 aromatic carbocycles. The molecule has 0 unspecified atom stereocenters. The Morgan fingerprint density at radius 2 is 2.05 bits per heavy atom. The zero-order valence-corrected chi connectivity index (χ0v) is 11.2. The van der Waals surface area contributed by atoms with Crippen LogP contribution >= 0.6 is 22.9 Å². The Morgan fingerprint density at radius 3 is 2.63 bits per heavy atom. The second-order valence-electron chi connectivity index (χ2n) is 3.79. The maximum atomic E-state index is 12.4. The summed E-state index contributed by atoms with van der Waals surface area (Å²) in [6.07, 6.45) is -3.62. The predicted molar refractivity (Wildman–Crippen MR) is 66.7 cm³/mol. The van der Waals surface area contributed by atoms with Crippen LogP contribution in [0.15, 0.2) is 24.4 Å². The van der Waals surface area contributed by atoms with Crippen molar-refractivity contribution in [3.8, 4) is 0 Å². The number of halogens is 4. The number of carbonyl (C=O) groups is 1. The molecular formula is C12H7ClF3NOS. The van der Waals surface area contributed by atoms with Gasteiger partial charge in [-0.1, -0.05) is 23.7 Å². The van der Waals surface area contributed by atoms with Gasteiger partial charge in [0.1, 0.15) is 0 Å². The molecular weight excluding hydrogens is 299 g/mol. The van der Waals surface area contributed by atoms with Crippen molar-refractivity contribution in [1.82, 2.24) is 4.98 Å². The fourth-order valence-electron chi connectivity index (χ4n) is 1.47. The molecule has 0 aliphatic carbocycles. The van der Waals surface area contributed by atoms with Gasteiger partial charge in [-0.2, -0.15) is 13.2 Å². The molecule has 0 saturated carbocycles. The molecule has 1 heterocycles. The summed E-state index contributed by atoms with van der Waals surface area (Å²) in [7, 11) is 0. The lowest BCUT2D eigenvalue weighted by atomic mass is 10.1. The number of benzene rings is 1. The fraction of sp³-hybridized carbons (Fsp3) is 0.167. The molecule has 2 nitrogen and oxygen atoms in total. The van der Waals surface area contributed by atoms with Gasteiger partial charge < -0.3 is 0 Å². The Morgan fingerprint density at radius 1 is 1.37 bits per heavy atom. The van der Waals surface area contributed by atoms with Crippen molar-refractivity contribution in [3.63, 3.8) is 0 Å². The third kappa shape index (κ3) is 2.79. The van der Waals surface area contributed by atoms with Crippen molar-refractivity contribution in [2.45, 2.75) is 13.1 Å². The van der Waals surface area contributed by atoms with Crippen LogP contribution in [0, 0.1) is 6.92 Å². The summed E-state index contributed by atoms with van der Waals surface area (Å²) in [4.78, 5) is 15.2. The van der Waals surface area contributed by atoms with Gasteiger partial charge in [0.25, 0.3) is 0 Å². The van der Waals surface area contributed by atoms with E-state index in [1.165, 1.54) is 6.07 Å². The maximum absolute atomic E-state index is 12.4. The number of carbonyl (C=O) groups excluding carboxylic acids is 1. The molecule has 0 N–H and O–H groups in total. The Hall–Kier alpha value is -1.40. The molecule has 1 aromatic heterocycles. The Balaban J connectivity index is 2.40. The van der Waals surface area contributed by atoms with E-state index in [-0.39, 0.29) is 15.5 Å². The van der Waals surface area contributed by atoms with E-state index in [1.54, 1.807) is 19.1 Å². The van der Waals surface area contributed by atoms with Gasteiger partial charge in [-0.05, 0) is 18.6 Å². The molecule has 0 aliphatic heterocycles. The van der Waals surface area contributed by atoms with E-state index >= 15 is 0 Å². The highest BCUT2D eigenvalue weighted by Crippen LogP contribution is 2.33. The number of hydrogen-bond donors (Lipinski definition) is 0. The number of rotatable bonds is 2. The third-order valence-electron chi connectivity index (χ3n) is 2.41. The number of nitrogens with zero attached hydrogens (tertiary/aromatic N) is 1. The van der Waals surface area contributed by atoms with Crippen LogP contribution in [-0.2, 0) is 6.18 Å². The molecule has 2 aromatic rings. The molecule has 19 heavy (non-hydrogen) atoms. The average Bonchev–Trinajstić information content (AvgIpc) is 2.81. The average molecular weight is 306 g/mol. The van der Waals surface area contributed by atoms with Gasteiger partial charge in [0.2, 0.25) is 5.78 Å². The lowest BCUT2D eigenvalue weighted by molar-refractivity contribution is -0.137. The number of thiazole rings is 1. The van der Waals surface area contributed by atoms with Crippen molar-refractivity contribution in [2.75, 3.05) is 0 Å². The summed E-state index contributed by atoms with van der Waals surface area (Å²) in [5.74, 6) is -0.554. The molecule has 0 amide bonds. The highest BCUT2D eigenvalue weighted by Gasteiger charge is 2.35. The second-order valence-corrected chi connectivity index (χ2v) is 5.20. The summed E-state index contributed by atoms with van der Waals surface area (Å²) in [5, 5.41) is -0.797. The molecule has 0 atom stereocenters. The van der Waals surface area contributed by atoms with E-state index in [9.17, 15) is 18.0 Å². The molecule has 0 saturated heterocycles. The largest absolute Gasteiger partial charge is 0.443 e. The van der Waals surface area contributed by atoms with Crippen LogP contribution in [0.25, 0.3) is 0 Å². The smallest absolute Gasteiger partial charge is 0.288 e. The predicted octanol–water partition coefficient (Wildman–Crippen LogP) is 4.35. The minimum Gasteiger partial charge on any atom is -0.288 e. The van der Waals surface area contributed by atoms with Crippen molar-refractivity contribution >= 4 is 28.7 Å². The summed E-state index contributed by atoms with van der Waals surface area (Å²) in [6.45, 7) is 1.72. The lowest BCUT2D eigenvalue weighted by Gasteiger charge is -2.04. The van der Waals surface area contributed by atoms with Crippen LogP contribution in [0.1, 0.15) is 25.8 Å². The quantitative estimate of drug-likeness (QED) is 0.772. The lowest BCUT2D eigenvalue weighted by Crippen LogP contribution is -2.03. The van der Waals surface area contributed by atoms with Crippen LogP contribution in [0.2, 0.25) is 5.02 Å². The van der Waals surface area contributed by atoms with Crippen LogP contribution in [0.3, 0.4) is 0 Å². The van der Waals surface area contributed by atoms with Gasteiger partial charge in [-0.3, -0.25) is 4.79 Å². The van der Waals surface area contributed by atoms with E-state index in [0.29, 0.717) is 16.9 Å². The van der Waals surface area contributed by atoms with Crippen molar-refractivity contribution in [2.24, 2.45) is 0 Å². The maximum Gasteiger partial charge on any atom is 0.443 e. The molecule has 0 aliphatic rings. The van der Waals surface area contributed by atoms with Gasteiger partial charge >= 0.3 is 6.18 Å². The van der Waals surface area contributed by atoms with Gasteiger partial charge in [-0.15, -0.1) is 11.3 Å². The van der Waals surface area contributed by atoms with Crippen LogP contribution in [-0.4, -0.2) is 10.8 Å². The number of ketones is 1. The number of alkyl halides is 3.